The molecule has 0 atom stereocenters. The minimum atomic E-state index is 0.992. The van der Waals surface area contributed by atoms with Crippen molar-refractivity contribution in [1.29, 1.82) is 0 Å². The number of hydrogen-bond donors (Lipinski definition) is 0. The van der Waals surface area contributed by atoms with Gasteiger partial charge in [0.15, 0.2) is 0 Å². The minimum absolute atomic E-state index is 0.992. The highest BCUT2D eigenvalue weighted by Gasteiger charge is 2.10. The standard InChI is InChI=1S/C35H23NS2/c1-2-8-29-23-36-33(22-27(29)7-1)28-12-4-10-25(18-28)24-9-3-11-26(17-24)30-19-31(34-13-5-15-37-34)21-32(20-30)35-14-6-16-38-35/h1-23H. The van der Waals surface area contributed by atoms with E-state index in [0.717, 1.165) is 16.6 Å². The van der Waals surface area contributed by atoms with Gasteiger partial charge in [-0.05, 0) is 98.1 Å². The van der Waals surface area contributed by atoms with Crippen LogP contribution in [0.3, 0.4) is 0 Å². The van der Waals surface area contributed by atoms with Crippen LogP contribution in [0.25, 0.3) is 65.2 Å². The molecule has 0 amide bonds. The van der Waals surface area contributed by atoms with Gasteiger partial charge in [-0.2, -0.15) is 0 Å². The van der Waals surface area contributed by atoms with Crippen LogP contribution in [0.2, 0.25) is 0 Å². The molecule has 38 heavy (non-hydrogen) atoms. The molecule has 0 bridgehead atoms. The topological polar surface area (TPSA) is 12.9 Å². The van der Waals surface area contributed by atoms with E-state index in [-0.39, 0.29) is 0 Å². The second-order valence-electron chi connectivity index (χ2n) is 9.33. The summed E-state index contributed by atoms with van der Waals surface area (Å²) in [5, 5.41) is 6.65. The highest BCUT2D eigenvalue weighted by molar-refractivity contribution is 7.14. The Kier molecular flexibility index (Phi) is 5.93. The summed E-state index contributed by atoms with van der Waals surface area (Å²) in [5.74, 6) is 0. The molecular weight excluding hydrogens is 499 g/mol. The molecule has 0 saturated carbocycles. The van der Waals surface area contributed by atoms with Gasteiger partial charge in [0.1, 0.15) is 0 Å². The van der Waals surface area contributed by atoms with Crippen molar-refractivity contribution in [3.05, 3.63) is 138 Å². The van der Waals surface area contributed by atoms with Crippen molar-refractivity contribution < 1.29 is 0 Å². The second-order valence-corrected chi connectivity index (χ2v) is 11.2. The molecule has 0 saturated heterocycles. The first kappa shape index (κ1) is 22.9. The van der Waals surface area contributed by atoms with Gasteiger partial charge in [-0.3, -0.25) is 4.98 Å². The highest BCUT2D eigenvalue weighted by atomic mass is 32.1. The molecule has 0 N–H and O–H groups in total. The normalized spacial score (nSPS) is 11.2. The number of benzene rings is 4. The fourth-order valence-electron chi connectivity index (χ4n) is 4.94. The molecule has 0 unspecified atom stereocenters. The Bertz CT molecular complexity index is 1810. The molecule has 0 fully saturated rings. The summed E-state index contributed by atoms with van der Waals surface area (Å²) >= 11 is 3.57. The molecule has 0 radical (unpaired) electrons. The zero-order valence-electron chi connectivity index (χ0n) is 20.5. The monoisotopic (exact) mass is 521 g/mol. The van der Waals surface area contributed by atoms with E-state index >= 15 is 0 Å². The Morgan fingerprint density at radius 2 is 0.921 bits per heavy atom. The van der Waals surface area contributed by atoms with Gasteiger partial charge < -0.3 is 0 Å². The summed E-state index contributed by atoms with van der Waals surface area (Å²) < 4.78 is 0. The zero-order chi connectivity index (χ0) is 25.3. The SMILES string of the molecule is c1cc(-c2cccc(-c3cc4ccccc4cn3)c2)cc(-c2cc(-c3cccs3)cc(-c3cccs3)c2)c1. The summed E-state index contributed by atoms with van der Waals surface area (Å²) in [4.78, 5) is 7.32. The van der Waals surface area contributed by atoms with Crippen LogP contribution in [0.4, 0.5) is 0 Å². The average Bonchev–Trinajstić information content (AvgIpc) is 3.72. The van der Waals surface area contributed by atoms with Gasteiger partial charge in [0, 0.05) is 26.9 Å². The summed E-state index contributed by atoms with van der Waals surface area (Å²) in [6.45, 7) is 0. The summed E-state index contributed by atoms with van der Waals surface area (Å²) in [7, 11) is 0. The number of thiophene rings is 2. The van der Waals surface area contributed by atoms with Crippen molar-refractivity contribution in [2.75, 3.05) is 0 Å². The number of pyridine rings is 1. The van der Waals surface area contributed by atoms with E-state index in [0.29, 0.717) is 0 Å². The second kappa shape index (κ2) is 9.86. The first-order valence-corrected chi connectivity index (χ1v) is 14.3. The average molecular weight is 522 g/mol. The van der Waals surface area contributed by atoms with Crippen molar-refractivity contribution in [2.45, 2.75) is 0 Å². The minimum Gasteiger partial charge on any atom is -0.256 e. The number of aromatic nitrogens is 1. The maximum atomic E-state index is 4.75. The van der Waals surface area contributed by atoms with Crippen LogP contribution >= 0.6 is 22.7 Å². The van der Waals surface area contributed by atoms with Crippen molar-refractivity contribution in [1.82, 2.24) is 4.98 Å². The van der Waals surface area contributed by atoms with Crippen LogP contribution in [-0.2, 0) is 0 Å². The number of fused-ring (bicyclic) bond motifs is 1. The van der Waals surface area contributed by atoms with E-state index in [2.05, 4.69) is 132 Å². The molecule has 7 rings (SSSR count). The summed E-state index contributed by atoms with van der Waals surface area (Å²) in [5.41, 5.74) is 9.47. The van der Waals surface area contributed by atoms with E-state index < -0.39 is 0 Å². The third-order valence-electron chi connectivity index (χ3n) is 6.86. The summed E-state index contributed by atoms with van der Waals surface area (Å²) in [6.07, 6.45) is 1.96. The van der Waals surface area contributed by atoms with E-state index in [1.807, 2.05) is 6.20 Å². The first-order chi connectivity index (χ1) is 18.8. The van der Waals surface area contributed by atoms with E-state index in [4.69, 9.17) is 4.98 Å². The molecule has 3 heterocycles. The lowest BCUT2D eigenvalue weighted by Gasteiger charge is -2.11. The van der Waals surface area contributed by atoms with Crippen molar-refractivity contribution in [2.24, 2.45) is 0 Å². The molecule has 3 aromatic heterocycles. The van der Waals surface area contributed by atoms with Gasteiger partial charge in [0.25, 0.3) is 0 Å². The molecule has 1 nitrogen and oxygen atoms in total. The first-order valence-electron chi connectivity index (χ1n) is 12.6. The van der Waals surface area contributed by atoms with Gasteiger partial charge in [0.2, 0.25) is 0 Å². The van der Waals surface area contributed by atoms with Gasteiger partial charge in [-0.1, -0.05) is 72.8 Å². The quantitative estimate of drug-likeness (QED) is 0.219. The highest BCUT2D eigenvalue weighted by Crippen LogP contribution is 2.37. The Morgan fingerprint density at radius 1 is 0.395 bits per heavy atom. The molecule has 0 aliphatic rings. The van der Waals surface area contributed by atoms with Gasteiger partial charge >= 0.3 is 0 Å². The van der Waals surface area contributed by atoms with Crippen LogP contribution in [0, 0.1) is 0 Å². The number of hydrogen-bond acceptors (Lipinski definition) is 3. The van der Waals surface area contributed by atoms with Crippen LogP contribution in [-0.4, -0.2) is 4.98 Å². The Balaban J connectivity index is 1.29. The smallest absolute Gasteiger partial charge is 0.0708 e. The predicted octanol–water partition coefficient (Wildman–Crippen LogP) is 10.7. The molecule has 0 aliphatic carbocycles. The Hall–Kier alpha value is -4.31. The molecule has 0 spiro atoms. The van der Waals surface area contributed by atoms with Crippen LogP contribution in [0.5, 0.6) is 0 Å². The largest absolute Gasteiger partial charge is 0.256 e. The van der Waals surface area contributed by atoms with Gasteiger partial charge in [0.05, 0.1) is 5.69 Å². The molecule has 0 aliphatic heterocycles. The zero-order valence-corrected chi connectivity index (χ0v) is 22.2. The molecule has 3 heteroatoms. The fourth-order valence-corrected chi connectivity index (χ4v) is 6.37. The molecular formula is C35H23NS2. The fraction of sp³-hybridized carbons (Fsp3) is 0. The molecule has 4 aromatic carbocycles. The van der Waals surface area contributed by atoms with Crippen LogP contribution in [0.15, 0.2) is 138 Å². The van der Waals surface area contributed by atoms with Crippen molar-refractivity contribution in [3.8, 4) is 54.4 Å². The van der Waals surface area contributed by atoms with E-state index in [1.165, 1.54) is 48.5 Å². The van der Waals surface area contributed by atoms with Crippen LogP contribution < -0.4 is 0 Å². The van der Waals surface area contributed by atoms with Crippen molar-refractivity contribution >= 4 is 33.4 Å². The Labute approximate surface area is 230 Å². The molecule has 7 aromatic rings. The van der Waals surface area contributed by atoms with E-state index in [9.17, 15) is 0 Å². The number of rotatable bonds is 5. The maximum absolute atomic E-state index is 4.75. The third kappa shape index (κ3) is 4.47. The predicted molar refractivity (Wildman–Crippen MR) is 165 cm³/mol. The Morgan fingerprint density at radius 3 is 1.55 bits per heavy atom. The maximum Gasteiger partial charge on any atom is 0.0708 e. The number of nitrogens with zero attached hydrogens (tertiary/aromatic N) is 1. The van der Waals surface area contributed by atoms with Gasteiger partial charge in [-0.15, -0.1) is 22.7 Å². The van der Waals surface area contributed by atoms with Crippen molar-refractivity contribution in [3.63, 3.8) is 0 Å². The van der Waals surface area contributed by atoms with E-state index in [1.54, 1.807) is 22.7 Å². The lowest BCUT2D eigenvalue weighted by atomic mass is 9.94. The molecule has 180 valence electrons. The lowest BCUT2D eigenvalue weighted by molar-refractivity contribution is 1.36. The van der Waals surface area contributed by atoms with Crippen LogP contribution in [0.1, 0.15) is 0 Å². The lowest BCUT2D eigenvalue weighted by Crippen LogP contribution is -1.87. The van der Waals surface area contributed by atoms with Gasteiger partial charge in [-0.25, -0.2) is 0 Å². The third-order valence-corrected chi connectivity index (χ3v) is 8.70. The summed E-state index contributed by atoms with van der Waals surface area (Å²) in [6, 6.07) is 43.7.